The van der Waals surface area contributed by atoms with Crippen molar-refractivity contribution in [1.29, 1.82) is 0 Å². The number of aliphatic hydroxyl groups is 1. The molecule has 0 saturated carbocycles. The Bertz CT molecular complexity index is 465. The fraction of sp³-hybridized carbons (Fsp3) is 0.647. The minimum Gasteiger partial charge on any atom is -0.497 e. The number of hydrogen-bond donors (Lipinski definition) is 1. The average molecular weight is 308 g/mol. The van der Waals surface area contributed by atoms with Crippen LogP contribution >= 0.6 is 0 Å². The summed E-state index contributed by atoms with van der Waals surface area (Å²) >= 11 is 0. The van der Waals surface area contributed by atoms with Crippen LogP contribution in [0.1, 0.15) is 13.8 Å². The Labute approximate surface area is 133 Å². The molecule has 5 nitrogen and oxygen atoms in total. The zero-order valence-corrected chi connectivity index (χ0v) is 13.9. The quantitative estimate of drug-likeness (QED) is 0.775. The lowest BCUT2D eigenvalue weighted by atomic mass is 9.97. The average Bonchev–Trinajstić information content (AvgIpc) is 2.51. The third kappa shape index (κ3) is 4.35. The summed E-state index contributed by atoms with van der Waals surface area (Å²) in [7, 11) is 1.70. The van der Waals surface area contributed by atoms with E-state index in [0.717, 1.165) is 31.9 Å². The second-order valence-corrected chi connectivity index (χ2v) is 6.28. The van der Waals surface area contributed by atoms with E-state index in [0.29, 0.717) is 13.2 Å². The monoisotopic (exact) mass is 308 g/mol. The summed E-state index contributed by atoms with van der Waals surface area (Å²) in [6.45, 7) is 9.64. The topological polar surface area (TPSA) is 45.2 Å². The third-order valence-corrected chi connectivity index (χ3v) is 4.13. The molecule has 22 heavy (non-hydrogen) atoms. The van der Waals surface area contributed by atoms with Gasteiger partial charge in [0.1, 0.15) is 5.75 Å². The second kappa shape index (κ2) is 7.81. The summed E-state index contributed by atoms with van der Waals surface area (Å²) in [4.78, 5) is 4.87. The maximum atomic E-state index is 8.73. The first kappa shape index (κ1) is 17.1. The van der Waals surface area contributed by atoms with Crippen LogP contribution in [-0.4, -0.2) is 68.7 Å². The van der Waals surface area contributed by atoms with Gasteiger partial charge in [0.25, 0.3) is 0 Å². The lowest BCUT2D eigenvalue weighted by molar-refractivity contribution is 0.0645. The van der Waals surface area contributed by atoms with Crippen LogP contribution in [0, 0.1) is 0 Å². The number of methoxy groups -OCH3 is 1. The number of aliphatic hydroxyl groups excluding tert-OH is 1. The van der Waals surface area contributed by atoms with Gasteiger partial charge in [-0.2, -0.15) is 0 Å². The SMILES string of the molecule is COc1cccc(N2CCN(CCOCCO)CC2(C)C)c1. The zero-order chi connectivity index (χ0) is 16.0. The number of hydrogen-bond acceptors (Lipinski definition) is 5. The van der Waals surface area contributed by atoms with E-state index >= 15 is 0 Å². The Balaban J connectivity index is 1.95. The van der Waals surface area contributed by atoms with Gasteiger partial charge in [0, 0.05) is 43.5 Å². The molecule has 0 radical (unpaired) electrons. The highest BCUT2D eigenvalue weighted by Crippen LogP contribution is 2.30. The van der Waals surface area contributed by atoms with Crippen LogP contribution < -0.4 is 9.64 Å². The van der Waals surface area contributed by atoms with Crippen molar-refractivity contribution >= 4 is 5.69 Å². The molecule has 2 rings (SSSR count). The molecule has 1 fully saturated rings. The molecule has 0 atom stereocenters. The lowest BCUT2D eigenvalue weighted by Gasteiger charge is -2.48. The fourth-order valence-electron chi connectivity index (χ4n) is 3.06. The van der Waals surface area contributed by atoms with Gasteiger partial charge in [-0.1, -0.05) is 6.07 Å². The van der Waals surface area contributed by atoms with Crippen molar-refractivity contribution in [2.45, 2.75) is 19.4 Å². The van der Waals surface area contributed by atoms with E-state index in [-0.39, 0.29) is 12.1 Å². The maximum Gasteiger partial charge on any atom is 0.120 e. The van der Waals surface area contributed by atoms with Crippen LogP contribution in [0.3, 0.4) is 0 Å². The van der Waals surface area contributed by atoms with Gasteiger partial charge in [-0.05, 0) is 26.0 Å². The number of benzene rings is 1. The highest BCUT2D eigenvalue weighted by atomic mass is 16.5. The normalized spacial score (nSPS) is 18.5. The van der Waals surface area contributed by atoms with Crippen molar-refractivity contribution in [2.24, 2.45) is 0 Å². The van der Waals surface area contributed by atoms with Crippen LogP contribution in [0.5, 0.6) is 5.75 Å². The van der Waals surface area contributed by atoms with Crippen molar-refractivity contribution in [1.82, 2.24) is 4.90 Å². The first-order valence-electron chi connectivity index (χ1n) is 7.89. The smallest absolute Gasteiger partial charge is 0.120 e. The van der Waals surface area contributed by atoms with Gasteiger partial charge in [-0.15, -0.1) is 0 Å². The van der Waals surface area contributed by atoms with Gasteiger partial charge in [-0.3, -0.25) is 4.90 Å². The number of ether oxygens (including phenoxy) is 2. The molecule has 0 spiro atoms. The number of piperazine rings is 1. The van der Waals surface area contributed by atoms with E-state index in [1.165, 1.54) is 5.69 Å². The Morgan fingerprint density at radius 3 is 2.73 bits per heavy atom. The van der Waals surface area contributed by atoms with Gasteiger partial charge in [-0.25, -0.2) is 0 Å². The molecule has 1 saturated heterocycles. The van der Waals surface area contributed by atoms with Crippen LogP contribution in [-0.2, 0) is 4.74 Å². The van der Waals surface area contributed by atoms with Crippen molar-refractivity contribution in [3.05, 3.63) is 24.3 Å². The molecular weight excluding hydrogens is 280 g/mol. The first-order chi connectivity index (χ1) is 10.6. The van der Waals surface area contributed by atoms with Gasteiger partial charge >= 0.3 is 0 Å². The molecule has 0 unspecified atom stereocenters. The number of anilines is 1. The largest absolute Gasteiger partial charge is 0.497 e. The Morgan fingerprint density at radius 2 is 2.05 bits per heavy atom. The van der Waals surface area contributed by atoms with Gasteiger partial charge in [0.05, 0.1) is 26.9 Å². The highest BCUT2D eigenvalue weighted by molar-refractivity contribution is 5.53. The van der Waals surface area contributed by atoms with Crippen molar-refractivity contribution in [3.8, 4) is 5.75 Å². The lowest BCUT2D eigenvalue weighted by Crippen LogP contribution is -2.60. The molecule has 1 aromatic rings. The molecule has 1 aliphatic heterocycles. The van der Waals surface area contributed by atoms with Gasteiger partial charge in [0.2, 0.25) is 0 Å². The Morgan fingerprint density at radius 1 is 1.23 bits per heavy atom. The molecule has 124 valence electrons. The molecule has 0 amide bonds. The number of rotatable bonds is 7. The van der Waals surface area contributed by atoms with Crippen LogP contribution in [0.15, 0.2) is 24.3 Å². The summed E-state index contributed by atoms with van der Waals surface area (Å²) in [5.74, 6) is 0.896. The van der Waals surface area contributed by atoms with Crippen LogP contribution in [0.2, 0.25) is 0 Å². The standard InChI is InChI=1S/C17H28N2O3/c1-17(2)14-18(9-11-22-12-10-20)7-8-19(17)15-5-4-6-16(13-15)21-3/h4-6,13,20H,7-12,14H2,1-3H3. The van der Waals surface area contributed by atoms with E-state index in [2.05, 4.69) is 35.8 Å². The molecular formula is C17H28N2O3. The summed E-state index contributed by atoms with van der Waals surface area (Å²) < 4.78 is 10.7. The molecule has 1 aliphatic rings. The minimum absolute atomic E-state index is 0.0571. The summed E-state index contributed by atoms with van der Waals surface area (Å²) in [6, 6.07) is 8.26. The summed E-state index contributed by atoms with van der Waals surface area (Å²) in [5.41, 5.74) is 1.27. The minimum atomic E-state index is 0.0571. The fourth-order valence-corrected chi connectivity index (χ4v) is 3.06. The third-order valence-electron chi connectivity index (χ3n) is 4.13. The predicted molar refractivity (Wildman–Crippen MR) is 88.8 cm³/mol. The van der Waals surface area contributed by atoms with E-state index in [1.54, 1.807) is 7.11 Å². The van der Waals surface area contributed by atoms with Gasteiger partial charge in [0.15, 0.2) is 0 Å². The van der Waals surface area contributed by atoms with Gasteiger partial charge < -0.3 is 19.5 Å². The molecule has 1 heterocycles. The maximum absolute atomic E-state index is 8.73. The van der Waals surface area contributed by atoms with Crippen LogP contribution in [0.25, 0.3) is 0 Å². The molecule has 5 heteroatoms. The van der Waals surface area contributed by atoms with Crippen molar-refractivity contribution in [2.75, 3.05) is 58.0 Å². The summed E-state index contributed by atoms with van der Waals surface area (Å²) in [6.07, 6.45) is 0. The zero-order valence-electron chi connectivity index (χ0n) is 13.9. The van der Waals surface area contributed by atoms with Crippen molar-refractivity contribution < 1.29 is 14.6 Å². The molecule has 1 aromatic carbocycles. The first-order valence-corrected chi connectivity index (χ1v) is 7.89. The Kier molecular flexibility index (Phi) is 6.06. The molecule has 1 N–H and O–H groups in total. The van der Waals surface area contributed by atoms with Crippen molar-refractivity contribution in [3.63, 3.8) is 0 Å². The predicted octanol–water partition coefficient (Wildman–Crippen LogP) is 1.60. The summed E-state index contributed by atoms with van der Waals surface area (Å²) in [5, 5.41) is 8.73. The highest BCUT2D eigenvalue weighted by Gasteiger charge is 2.33. The molecule has 0 bridgehead atoms. The van der Waals surface area contributed by atoms with E-state index in [1.807, 2.05) is 12.1 Å². The Hall–Kier alpha value is -1.30. The van der Waals surface area contributed by atoms with E-state index < -0.39 is 0 Å². The number of nitrogens with zero attached hydrogens (tertiary/aromatic N) is 2. The molecule has 0 aromatic heterocycles. The van der Waals surface area contributed by atoms with E-state index in [4.69, 9.17) is 14.6 Å². The second-order valence-electron chi connectivity index (χ2n) is 6.28. The molecule has 0 aliphatic carbocycles. The van der Waals surface area contributed by atoms with E-state index in [9.17, 15) is 0 Å². The van der Waals surface area contributed by atoms with Crippen LogP contribution in [0.4, 0.5) is 5.69 Å².